The van der Waals surface area contributed by atoms with Gasteiger partial charge in [0.2, 0.25) is 0 Å². The maximum absolute atomic E-state index is 9.04. The van der Waals surface area contributed by atoms with Gasteiger partial charge in [-0.1, -0.05) is 22.0 Å². The predicted molar refractivity (Wildman–Crippen MR) is 60.9 cm³/mol. The molecule has 0 unspecified atom stereocenters. The number of hydrogen-bond donors (Lipinski definition) is 0. The van der Waals surface area contributed by atoms with E-state index in [1.807, 2.05) is 29.0 Å². The van der Waals surface area contributed by atoms with Gasteiger partial charge in [-0.3, -0.25) is 0 Å². The fourth-order valence-corrected chi connectivity index (χ4v) is 1.73. The summed E-state index contributed by atoms with van der Waals surface area (Å²) in [7, 11) is 0. The van der Waals surface area contributed by atoms with Gasteiger partial charge in [-0.05, 0) is 17.7 Å². The molecule has 4 heteroatoms. The van der Waals surface area contributed by atoms with Crippen LogP contribution in [0.3, 0.4) is 0 Å². The molecular formula is C11H8BrN3. The normalized spacial score (nSPS) is 9.87. The second kappa shape index (κ2) is 4.28. The van der Waals surface area contributed by atoms with Gasteiger partial charge in [-0.15, -0.1) is 0 Å². The van der Waals surface area contributed by atoms with Crippen LogP contribution in [0.2, 0.25) is 0 Å². The Labute approximate surface area is 96.1 Å². The van der Waals surface area contributed by atoms with E-state index >= 15 is 0 Å². The Morgan fingerprint density at radius 3 is 2.93 bits per heavy atom. The van der Waals surface area contributed by atoms with Gasteiger partial charge in [-0.2, -0.15) is 5.26 Å². The van der Waals surface area contributed by atoms with E-state index in [2.05, 4.69) is 27.0 Å². The number of hydrogen-bond acceptors (Lipinski definition) is 2. The third kappa shape index (κ3) is 1.92. The zero-order valence-corrected chi connectivity index (χ0v) is 9.48. The first-order valence-corrected chi connectivity index (χ1v) is 5.54. The lowest BCUT2D eigenvalue weighted by Gasteiger charge is -2.05. The standard InChI is InChI=1S/C11H8BrN3/c12-6-9-1-2-11(10(5-9)7-13)15-4-3-14-8-15/h1-5,8H,6H2. The Morgan fingerprint density at radius 1 is 1.47 bits per heavy atom. The van der Waals surface area contributed by atoms with Crippen molar-refractivity contribution in [1.29, 1.82) is 5.26 Å². The van der Waals surface area contributed by atoms with Crippen LogP contribution in [0.25, 0.3) is 5.69 Å². The second-order valence-electron chi connectivity index (χ2n) is 3.07. The lowest BCUT2D eigenvalue weighted by Crippen LogP contribution is -1.95. The van der Waals surface area contributed by atoms with Crippen LogP contribution in [0.1, 0.15) is 11.1 Å². The molecule has 74 valence electrons. The van der Waals surface area contributed by atoms with Crippen molar-refractivity contribution in [3.8, 4) is 11.8 Å². The summed E-state index contributed by atoms with van der Waals surface area (Å²) in [4.78, 5) is 3.96. The summed E-state index contributed by atoms with van der Waals surface area (Å²) in [5.41, 5.74) is 2.61. The number of benzene rings is 1. The fourth-order valence-electron chi connectivity index (χ4n) is 1.38. The lowest BCUT2D eigenvalue weighted by molar-refractivity contribution is 1.05. The molecule has 0 saturated carbocycles. The number of halogens is 1. The fraction of sp³-hybridized carbons (Fsp3) is 0.0909. The Kier molecular flexibility index (Phi) is 2.84. The molecule has 2 rings (SSSR count). The van der Waals surface area contributed by atoms with Crippen LogP contribution in [0.4, 0.5) is 0 Å². The maximum Gasteiger partial charge on any atom is 0.101 e. The highest BCUT2D eigenvalue weighted by molar-refractivity contribution is 9.08. The Balaban J connectivity index is 2.54. The van der Waals surface area contributed by atoms with Crippen LogP contribution in [0.5, 0.6) is 0 Å². The lowest BCUT2D eigenvalue weighted by atomic mass is 10.1. The van der Waals surface area contributed by atoms with Gasteiger partial charge < -0.3 is 4.57 Å². The Bertz CT molecular complexity index is 497. The van der Waals surface area contributed by atoms with Crippen LogP contribution in [-0.4, -0.2) is 9.55 Å². The van der Waals surface area contributed by atoms with Gasteiger partial charge in [0.25, 0.3) is 0 Å². The number of nitriles is 1. The molecule has 0 amide bonds. The third-order valence-corrected chi connectivity index (χ3v) is 2.77. The molecule has 0 fully saturated rings. The van der Waals surface area contributed by atoms with E-state index in [1.165, 1.54) is 0 Å². The summed E-state index contributed by atoms with van der Waals surface area (Å²) in [6.45, 7) is 0. The number of rotatable bonds is 2. The molecule has 1 aromatic heterocycles. The summed E-state index contributed by atoms with van der Waals surface area (Å²) in [6.07, 6.45) is 5.20. The van der Waals surface area contributed by atoms with Crippen molar-refractivity contribution in [3.63, 3.8) is 0 Å². The molecule has 1 heterocycles. The molecule has 0 saturated heterocycles. The number of aromatic nitrogens is 2. The highest BCUT2D eigenvalue weighted by Gasteiger charge is 2.04. The predicted octanol–water partition coefficient (Wildman–Crippen LogP) is 2.64. The average Bonchev–Trinajstić information content (AvgIpc) is 2.81. The first-order valence-electron chi connectivity index (χ1n) is 4.42. The van der Waals surface area contributed by atoms with E-state index < -0.39 is 0 Å². The minimum Gasteiger partial charge on any atom is -0.305 e. The summed E-state index contributed by atoms with van der Waals surface area (Å²) >= 11 is 3.37. The van der Waals surface area contributed by atoms with Gasteiger partial charge in [0, 0.05) is 17.7 Å². The molecule has 0 N–H and O–H groups in total. The highest BCUT2D eigenvalue weighted by Crippen LogP contribution is 2.17. The topological polar surface area (TPSA) is 41.6 Å². The van der Waals surface area contributed by atoms with E-state index in [0.717, 1.165) is 16.6 Å². The molecule has 0 bridgehead atoms. The molecule has 15 heavy (non-hydrogen) atoms. The number of imidazole rings is 1. The summed E-state index contributed by atoms with van der Waals surface area (Å²) in [5, 5.41) is 9.79. The average molecular weight is 262 g/mol. The van der Waals surface area contributed by atoms with E-state index in [-0.39, 0.29) is 0 Å². The van der Waals surface area contributed by atoms with Crippen molar-refractivity contribution in [2.75, 3.05) is 0 Å². The summed E-state index contributed by atoms with van der Waals surface area (Å²) in [5.74, 6) is 0. The molecule has 2 aromatic rings. The van der Waals surface area contributed by atoms with Crippen molar-refractivity contribution >= 4 is 15.9 Å². The Hall–Kier alpha value is -1.60. The van der Waals surface area contributed by atoms with Gasteiger partial charge in [-0.25, -0.2) is 4.98 Å². The molecule has 3 nitrogen and oxygen atoms in total. The number of nitrogens with zero attached hydrogens (tertiary/aromatic N) is 3. The van der Waals surface area contributed by atoms with E-state index in [4.69, 9.17) is 5.26 Å². The van der Waals surface area contributed by atoms with Crippen LogP contribution in [-0.2, 0) is 5.33 Å². The van der Waals surface area contributed by atoms with Gasteiger partial charge >= 0.3 is 0 Å². The molecule has 1 aromatic carbocycles. The Morgan fingerprint density at radius 2 is 2.33 bits per heavy atom. The van der Waals surface area contributed by atoms with Crippen molar-refractivity contribution < 1.29 is 0 Å². The van der Waals surface area contributed by atoms with Crippen LogP contribution >= 0.6 is 15.9 Å². The monoisotopic (exact) mass is 261 g/mol. The van der Waals surface area contributed by atoms with Crippen molar-refractivity contribution in [1.82, 2.24) is 9.55 Å². The third-order valence-electron chi connectivity index (χ3n) is 2.12. The van der Waals surface area contributed by atoms with Gasteiger partial charge in [0.05, 0.1) is 17.6 Å². The van der Waals surface area contributed by atoms with E-state index in [1.54, 1.807) is 12.5 Å². The van der Waals surface area contributed by atoms with Gasteiger partial charge in [0.1, 0.15) is 6.07 Å². The van der Waals surface area contributed by atoms with Crippen molar-refractivity contribution in [3.05, 3.63) is 48.0 Å². The van der Waals surface area contributed by atoms with E-state index in [9.17, 15) is 0 Å². The van der Waals surface area contributed by atoms with Crippen LogP contribution in [0, 0.1) is 11.3 Å². The first kappa shape index (κ1) is 9.94. The minimum absolute atomic E-state index is 0.657. The molecule has 0 aliphatic heterocycles. The molecule has 0 aliphatic carbocycles. The van der Waals surface area contributed by atoms with Crippen molar-refractivity contribution in [2.45, 2.75) is 5.33 Å². The second-order valence-corrected chi connectivity index (χ2v) is 3.63. The molecule has 0 atom stereocenters. The largest absolute Gasteiger partial charge is 0.305 e. The van der Waals surface area contributed by atoms with Crippen LogP contribution in [0.15, 0.2) is 36.9 Å². The quantitative estimate of drug-likeness (QED) is 0.780. The zero-order chi connectivity index (χ0) is 10.7. The smallest absolute Gasteiger partial charge is 0.101 e. The van der Waals surface area contributed by atoms with E-state index in [0.29, 0.717) is 5.56 Å². The number of alkyl halides is 1. The zero-order valence-electron chi connectivity index (χ0n) is 7.89. The highest BCUT2D eigenvalue weighted by atomic mass is 79.9. The molecule has 0 spiro atoms. The summed E-state index contributed by atoms with van der Waals surface area (Å²) in [6, 6.07) is 7.99. The SMILES string of the molecule is N#Cc1cc(CBr)ccc1-n1ccnc1. The van der Waals surface area contributed by atoms with Gasteiger partial charge in [0.15, 0.2) is 0 Å². The summed E-state index contributed by atoms with van der Waals surface area (Å²) < 4.78 is 1.83. The molecule has 0 radical (unpaired) electrons. The molecule has 0 aliphatic rings. The van der Waals surface area contributed by atoms with Crippen molar-refractivity contribution in [2.24, 2.45) is 0 Å². The first-order chi connectivity index (χ1) is 7.35. The molecular weight excluding hydrogens is 254 g/mol. The minimum atomic E-state index is 0.657. The maximum atomic E-state index is 9.04. The van der Waals surface area contributed by atoms with Crippen LogP contribution < -0.4 is 0 Å².